The molecule has 16 heavy (non-hydrogen) atoms. The second-order valence-corrected chi connectivity index (χ2v) is 4.66. The van der Waals surface area contributed by atoms with Crippen LogP contribution in [0.5, 0.6) is 0 Å². The van der Waals surface area contributed by atoms with Crippen LogP contribution in [0, 0.1) is 0 Å². The Morgan fingerprint density at radius 2 is 2.12 bits per heavy atom. The van der Waals surface area contributed by atoms with Crippen LogP contribution in [0.25, 0.3) is 11.3 Å². The Labute approximate surface area is 94.7 Å². The van der Waals surface area contributed by atoms with Gasteiger partial charge in [-0.25, -0.2) is 4.98 Å². The summed E-state index contributed by atoms with van der Waals surface area (Å²) in [4.78, 5) is 4.54. The normalized spacial score (nSPS) is 19.7. The van der Waals surface area contributed by atoms with E-state index in [4.69, 9.17) is 4.42 Å². The van der Waals surface area contributed by atoms with Crippen LogP contribution in [0.4, 0.5) is 0 Å². The lowest BCUT2D eigenvalue weighted by Crippen LogP contribution is -2.23. The summed E-state index contributed by atoms with van der Waals surface area (Å²) in [7, 11) is 0. The molecule has 2 aliphatic rings. The lowest BCUT2D eigenvalue weighted by atomic mass is 9.89. The summed E-state index contributed by atoms with van der Waals surface area (Å²) in [6.07, 6.45) is 8.30. The van der Waals surface area contributed by atoms with Crippen LogP contribution in [-0.4, -0.2) is 4.98 Å². The number of oxazole rings is 1. The van der Waals surface area contributed by atoms with Gasteiger partial charge in [0.05, 0.1) is 0 Å². The second kappa shape index (κ2) is 3.83. The van der Waals surface area contributed by atoms with Gasteiger partial charge in [0, 0.05) is 11.5 Å². The van der Waals surface area contributed by atoms with Crippen LogP contribution >= 0.6 is 0 Å². The molecule has 2 nitrogen and oxygen atoms in total. The fourth-order valence-electron chi connectivity index (χ4n) is 2.49. The van der Waals surface area contributed by atoms with Gasteiger partial charge in [-0.1, -0.05) is 25.0 Å². The molecule has 1 aromatic heterocycles. The minimum atomic E-state index is 0.522. The van der Waals surface area contributed by atoms with Gasteiger partial charge in [-0.05, 0) is 31.6 Å². The van der Waals surface area contributed by atoms with Crippen molar-refractivity contribution >= 4 is 11.3 Å². The average molecular weight is 213 g/mol. The Balaban J connectivity index is 2.07. The zero-order valence-electron chi connectivity index (χ0n) is 9.55. The van der Waals surface area contributed by atoms with E-state index < -0.39 is 0 Å². The molecule has 82 valence electrons. The molecule has 0 spiro atoms. The maximum atomic E-state index is 5.88. The van der Waals surface area contributed by atoms with E-state index >= 15 is 0 Å². The lowest BCUT2D eigenvalue weighted by Gasteiger charge is -2.17. The maximum Gasteiger partial charge on any atom is 0.199 e. The van der Waals surface area contributed by atoms with Crippen LogP contribution in [0.15, 0.2) is 16.2 Å². The molecule has 0 aromatic carbocycles. The lowest BCUT2D eigenvalue weighted by molar-refractivity contribution is 0.354. The number of aromatic nitrogens is 1. The SMILES string of the molecule is CC1=c2oc(C3CCCCC3)nc2=C=C=C1. The van der Waals surface area contributed by atoms with E-state index in [0.29, 0.717) is 5.92 Å². The van der Waals surface area contributed by atoms with Crippen molar-refractivity contribution in [2.45, 2.75) is 44.9 Å². The van der Waals surface area contributed by atoms with E-state index in [1.54, 1.807) is 0 Å². The molecule has 3 rings (SSSR count). The highest BCUT2D eigenvalue weighted by molar-refractivity contribution is 5.54. The van der Waals surface area contributed by atoms with E-state index in [1.807, 2.05) is 13.0 Å². The number of fused-ring (bicyclic) bond motifs is 1. The molecule has 1 fully saturated rings. The Hall–Kier alpha value is -1.49. The second-order valence-electron chi connectivity index (χ2n) is 4.66. The maximum absolute atomic E-state index is 5.88. The number of rotatable bonds is 1. The third-order valence-electron chi connectivity index (χ3n) is 3.44. The van der Waals surface area contributed by atoms with Crippen LogP contribution < -0.4 is 10.8 Å². The van der Waals surface area contributed by atoms with Gasteiger partial charge in [-0.15, -0.1) is 0 Å². The van der Waals surface area contributed by atoms with Gasteiger partial charge in [0.1, 0.15) is 0 Å². The number of hydrogen-bond donors (Lipinski definition) is 0. The van der Waals surface area contributed by atoms with Crippen molar-refractivity contribution in [3.8, 4) is 0 Å². The molecular weight excluding hydrogens is 198 g/mol. The summed E-state index contributed by atoms with van der Waals surface area (Å²) in [5.74, 6) is 1.43. The first-order chi connectivity index (χ1) is 7.84. The molecule has 0 atom stereocenters. The highest BCUT2D eigenvalue weighted by atomic mass is 16.3. The van der Waals surface area contributed by atoms with Crippen molar-refractivity contribution in [1.29, 1.82) is 0 Å². The minimum Gasteiger partial charge on any atom is -0.439 e. The first-order valence-corrected chi connectivity index (χ1v) is 6.04. The van der Waals surface area contributed by atoms with Crippen molar-refractivity contribution in [3.05, 3.63) is 28.5 Å². The van der Waals surface area contributed by atoms with Gasteiger partial charge in [-0.2, -0.15) is 0 Å². The van der Waals surface area contributed by atoms with Crippen molar-refractivity contribution < 1.29 is 4.42 Å². The third kappa shape index (κ3) is 1.57. The van der Waals surface area contributed by atoms with Gasteiger partial charge in [0.15, 0.2) is 16.7 Å². The molecule has 0 aliphatic heterocycles. The zero-order chi connectivity index (χ0) is 11.0. The molecule has 0 unspecified atom stereocenters. The van der Waals surface area contributed by atoms with Crippen LogP contribution in [0.2, 0.25) is 0 Å². The smallest absolute Gasteiger partial charge is 0.199 e. The molecule has 0 radical (unpaired) electrons. The molecule has 2 aliphatic carbocycles. The highest BCUT2D eigenvalue weighted by Crippen LogP contribution is 2.30. The Morgan fingerprint density at radius 3 is 2.88 bits per heavy atom. The third-order valence-corrected chi connectivity index (χ3v) is 3.44. The molecule has 1 heterocycles. The minimum absolute atomic E-state index is 0.522. The van der Waals surface area contributed by atoms with Crippen LogP contribution in [0.1, 0.15) is 50.8 Å². The monoisotopic (exact) mass is 213 g/mol. The fraction of sp³-hybridized carbons (Fsp3) is 0.500. The Bertz CT molecular complexity index is 589. The van der Waals surface area contributed by atoms with Gasteiger partial charge >= 0.3 is 0 Å². The Morgan fingerprint density at radius 1 is 1.31 bits per heavy atom. The molecular formula is C14H15NO. The zero-order valence-corrected chi connectivity index (χ0v) is 9.55. The summed E-state index contributed by atoms with van der Waals surface area (Å²) in [6.45, 7) is 2.03. The van der Waals surface area contributed by atoms with Crippen molar-refractivity contribution in [3.63, 3.8) is 0 Å². The number of hydrogen-bond acceptors (Lipinski definition) is 2. The molecule has 0 saturated heterocycles. The van der Waals surface area contributed by atoms with E-state index in [9.17, 15) is 0 Å². The fourth-order valence-corrected chi connectivity index (χ4v) is 2.49. The van der Waals surface area contributed by atoms with E-state index in [2.05, 4.69) is 16.4 Å². The van der Waals surface area contributed by atoms with Gasteiger partial charge in [-0.3, -0.25) is 0 Å². The number of allylic oxidation sites excluding steroid dienone is 1. The first kappa shape index (κ1) is 9.72. The molecule has 2 heteroatoms. The summed E-state index contributed by atoms with van der Waals surface area (Å²) >= 11 is 0. The summed E-state index contributed by atoms with van der Waals surface area (Å²) in [5, 5.41) is 0.834. The first-order valence-electron chi connectivity index (χ1n) is 6.04. The van der Waals surface area contributed by atoms with Gasteiger partial charge in [0.25, 0.3) is 0 Å². The van der Waals surface area contributed by atoms with Crippen molar-refractivity contribution in [1.82, 2.24) is 4.98 Å². The van der Waals surface area contributed by atoms with Crippen LogP contribution in [0.3, 0.4) is 0 Å². The quantitative estimate of drug-likeness (QED) is 0.667. The molecule has 0 N–H and O–H groups in total. The van der Waals surface area contributed by atoms with Gasteiger partial charge in [0.2, 0.25) is 0 Å². The highest BCUT2D eigenvalue weighted by Gasteiger charge is 2.20. The van der Waals surface area contributed by atoms with E-state index in [1.165, 1.54) is 32.1 Å². The largest absolute Gasteiger partial charge is 0.439 e. The van der Waals surface area contributed by atoms with Crippen LogP contribution in [-0.2, 0) is 0 Å². The van der Waals surface area contributed by atoms with E-state index in [0.717, 1.165) is 22.2 Å². The predicted molar refractivity (Wildman–Crippen MR) is 62.2 cm³/mol. The van der Waals surface area contributed by atoms with Gasteiger partial charge < -0.3 is 4.42 Å². The topological polar surface area (TPSA) is 26.0 Å². The average Bonchev–Trinajstić information content (AvgIpc) is 2.76. The Kier molecular flexibility index (Phi) is 2.32. The molecule has 0 bridgehead atoms. The standard InChI is InChI=1S/C14H15NO/c1-10-6-5-9-12-13(10)16-14(15-12)11-7-3-2-4-8-11/h6,11H,2-4,7-8H2,1H3. The molecule has 0 amide bonds. The molecule has 1 aromatic rings. The summed E-state index contributed by atoms with van der Waals surface area (Å²) in [6, 6.07) is 0. The van der Waals surface area contributed by atoms with Crippen molar-refractivity contribution in [2.75, 3.05) is 0 Å². The summed E-state index contributed by atoms with van der Waals surface area (Å²) < 4.78 is 5.88. The summed E-state index contributed by atoms with van der Waals surface area (Å²) in [5.41, 5.74) is 7.98. The predicted octanol–water partition coefficient (Wildman–Crippen LogP) is 2.00. The van der Waals surface area contributed by atoms with Crippen molar-refractivity contribution in [2.24, 2.45) is 0 Å². The number of nitrogens with zero attached hydrogens (tertiary/aromatic N) is 1. The van der Waals surface area contributed by atoms with E-state index in [-0.39, 0.29) is 0 Å². The molecule has 1 saturated carbocycles.